The molecule has 35 heavy (non-hydrogen) atoms. The molecule has 0 spiro atoms. The van der Waals surface area contributed by atoms with Gasteiger partial charge in [-0.2, -0.15) is 0 Å². The fourth-order valence-electron chi connectivity index (χ4n) is 5.01. The summed E-state index contributed by atoms with van der Waals surface area (Å²) in [6, 6.07) is 48.1. The van der Waals surface area contributed by atoms with Gasteiger partial charge in [0.1, 0.15) is 5.75 Å². The van der Waals surface area contributed by atoms with Crippen molar-refractivity contribution in [3.8, 4) is 16.9 Å². The Balaban J connectivity index is 1.70. The first-order chi connectivity index (χ1) is 17.3. The van der Waals surface area contributed by atoms with Gasteiger partial charge in [0.15, 0.2) is 0 Å². The van der Waals surface area contributed by atoms with Crippen LogP contribution in [0.3, 0.4) is 0 Å². The Hall–Kier alpha value is -3.93. The quantitative estimate of drug-likeness (QED) is 0.239. The van der Waals surface area contributed by atoms with Gasteiger partial charge in [0.25, 0.3) is 0 Å². The first kappa shape index (κ1) is 21.6. The first-order valence-corrected chi connectivity index (χ1v) is 13.2. The standard InChI is InChI=1S/C33H25OP/c1-34-30-22-10-14-24-12-8-20-28(32(24)30)29-21-9-13-25-15-11-23-31(33(25)29)35(26-16-4-2-5-17-26)27-18-6-3-7-19-27/h2-23H,1H3. The summed E-state index contributed by atoms with van der Waals surface area (Å²) in [5.74, 6) is 0.904. The van der Waals surface area contributed by atoms with Crippen LogP contribution in [0.1, 0.15) is 0 Å². The fraction of sp³-hybridized carbons (Fsp3) is 0.0303. The van der Waals surface area contributed by atoms with Crippen LogP contribution in [-0.2, 0) is 0 Å². The van der Waals surface area contributed by atoms with Crippen LogP contribution in [0.15, 0.2) is 133 Å². The van der Waals surface area contributed by atoms with Gasteiger partial charge >= 0.3 is 0 Å². The highest BCUT2D eigenvalue weighted by Gasteiger charge is 2.21. The molecule has 0 aromatic heterocycles. The van der Waals surface area contributed by atoms with Crippen LogP contribution in [0.25, 0.3) is 32.7 Å². The maximum atomic E-state index is 5.82. The summed E-state index contributed by atoms with van der Waals surface area (Å²) in [6.45, 7) is 0. The van der Waals surface area contributed by atoms with Gasteiger partial charge in [-0.1, -0.05) is 127 Å². The molecule has 2 heteroatoms. The number of methoxy groups -OCH3 is 1. The van der Waals surface area contributed by atoms with Crippen LogP contribution in [0.2, 0.25) is 0 Å². The molecule has 6 aromatic carbocycles. The second-order valence-electron chi connectivity index (χ2n) is 8.55. The van der Waals surface area contributed by atoms with Gasteiger partial charge in [0.05, 0.1) is 7.11 Å². The van der Waals surface area contributed by atoms with Crippen LogP contribution in [0.5, 0.6) is 5.75 Å². The van der Waals surface area contributed by atoms with Crippen molar-refractivity contribution in [3.63, 3.8) is 0 Å². The summed E-state index contributed by atoms with van der Waals surface area (Å²) in [4.78, 5) is 0. The van der Waals surface area contributed by atoms with E-state index in [0.29, 0.717) is 0 Å². The molecule has 0 atom stereocenters. The number of benzene rings is 6. The summed E-state index contributed by atoms with van der Waals surface area (Å²) in [5, 5.41) is 8.99. The van der Waals surface area contributed by atoms with E-state index >= 15 is 0 Å². The normalized spacial score (nSPS) is 11.3. The van der Waals surface area contributed by atoms with E-state index in [9.17, 15) is 0 Å². The SMILES string of the molecule is COc1cccc2cccc(-c3cccc4cccc(P(c5ccccc5)c5ccccc5)c34)c12. The van der Waals surface area contributed by atoms with Crippen molar-refractivity contribution in [1.29, 1.82) is 0 Å². The van der Waals surface area contributed by atoms with E-state index in [1.165, 1.54) is 43.2 Å². The molecular formula is C33H25OP. The van der Waals surface area contributed by atoms with Crippen molar-refractivity contribution >= 4 is 45.4 Å². The number of hydrogen-bond acceptors (Lipinski definition) is 1. The highest BCUT2D eigenvalue weighted by Crippen LogP contribution is 2.42. The molecule has 0 saturated carbocycles. The molecule has 0 N–H and O–H groups in total. The van der Waals surface area contributed by atoms with Gasteiger partial charge in [-0.15, -0.1) is 0 Å². The third kappa shape index (κ3) is 3.89. The largest absolute Gasteiger partial charge is 0.496 e. The lowest BCUT2D eigenvalue weighted by atomic mass is 9.93. The Bertz CT molecular complexity index is 1570. The molecule has 6 aromatic rings. The third-order valence-corrected chi connectivity index (χ3v) is 9.01. The molecular weight excluding hydrogens is 443 g/mol. The Morgan fingerprint density at radius 1 is 0.457 bits per heavy atom. The van der Waals surface area contributed by atoms with Crippen LogP contribution < -0.4 is 20.7 Å². The van der Waals surface area contributed by atoms with Gasteiger partial charge < -0.3 is 4.74 Å². The van der Waals surface area contributed by atoms with Gasteiger partial charge in [0.2, 0.25) is 0 Å². The fourth-order valence-corrected chi connectivity index (χ4v) is 7.52. The Labute approximate surface area is 207 Å². The zero-order chi connectivity index (χ0) is 23.6. The summed E-state index contributed by atoms with van der Waals surface area (Å²) in [7, 11) is 1.02. The Morgan fingerprint density at radius 2 is 0.943 bits per heavy atom. The first-order valence-electron chi connectivity index (χ1n) is 11.8. The highest BCUT2D eigenvalue weighted by molar-refractivity contribution is 7.80. The summed E-state index contributed by atoms with van der Waals surface area (Å²) < 4.78 is 5.82. The molecule has 0 fully saturated rings. The predicted molar refractivity (Wildman–Crippen MR) is 152 cm³/mol. The van der Waals surface area contributed by atoms with E-state index in [-0.39, 0.29) is 0 Å². The van der Waals surface area contributed by atoms with E-state index < -0.39 is 7.92 Å². The lowest BCUT2D eigenvalue weighted by Gasteiger charge is -2.23. The van der Waals surface area contributed by atoms with Crippen LogP contribution in [0, 0.1) is 0 Å². The summed E-state index contributed by atoms with van der Waals surface area (Å²) in [5.41, 5.74) is 2.45. The third-order valence-electron chi connectivity index (χ3n) is 6.53. The van der Waals surface area contributed by atoms with Crippen LogP contribution in [-0.4, -0.2) is 7.11 Å². The lowest BCUT2D eigenvalue weighted by molar-refractivity contribution is 0.420. The van der Waals surface area contributed by atoms with Gasteiger partial charge in [-0.3, -0.25) is 0 Å². The maximum absolute atomic E-state index is 5.82. The number of hydrogen-bond donors (Lipinski definition) is 0. The minimum absolute atomic E-state index is 0.738. The van der Waals surface area contributed by atoms with Gasteiger partial charge in [-0.25, -0.2) is 0 Å². The number of ether oxygens (including phenoxy) is 1. The molecule has 0 saturated heterocycles. The summed E-state index contributed by atoms with van der Waals surface area (Å²) >= 11 is 0. The number of fused-ring (bicyclic) bond motifs is 2. The molecule has 6 rings (SSSR count). The average Bonchev–Trinajstić information content (AvgIpc) is 2.93. The van der Waals surface area contributed by atoms with Crippen molar-refractivity contribution in [2.75, 3.05) is 7.11 Å². The van der Waals surface area contributed by atoms with E-state index in [1.54, 1.807) is 7.11 Å². The zero-order valence-corrected chi connectivity index (χ0v) is 20.5. The molecule has 0 aliphatic carbocycles. The second kappa shape index (κ2) is 9.37. The highest BCUT2D eigenvalue weighted by atomic mass is 31.1. The molecule has 0 radical (unpaired) electrons. The average molecular weight is 469 g/mol. The number of rotatable bonds is 5. The van der Waals surface area contributed by atoms with Crippen molar-refractivity contribution < 1.29 is 4.74 Å². The summed E-state index contributed by atoms with van der Waals surface area (Å²) in [6.07, 6.45) is 0. The zero-order valence-electron chi connectivity index (χ0n) is 19.6. The predicted octanol–water partition coefficient (Wildman–Crippen LogP) is 7.43. The maximum Gasteiger partial charge on any atom is 0.127 e. The Kier molecular flexibility index (Phi) is 5.78. The van der Waals surface area contributed by atoms with E-state index in [0.717, 1.165) is 11.1 Å². The van der Waals surface area contributed by atoms with Crippen molar-refractivity contribution in [2.45, 2.75) is 0 Å². The molecule has 0 amide bonds. The van der Waals surface area contributed by atoms with Crippen LogP contribution in [0.4, 0.5) is 0 Å². The minimum atomic E-state index is -0.738. The van der Waals surface area contributed by atoms with Crippen molar-refractivity contribution in [1.82, 2.24) is 0 Å². The van der Waals surface area contributed by atoms with Gasteiger partial charge in [0, 0.05) is 5.39 Å². The molecule has 168 valence electrons. The van der Waals surface area contributed by atoms with Crippen LogP contribution >= 0.6 is 7.92 Å². The molecule has 0 bridgehead atoms. The minimum Gasteiger partial charge on any atom is -0.496 e. The Morgan fingerprint density at radius 3 is 1.51 bits per heavy atom. The van der Waals surface area contributed by atoms with E-state index in [4.69, 9.17) is 4.74 Å². The van der Waals surface area contributed by atoms with Crippen molar-refractivity contribution in [3.05, 3.63) is 133 Å². The lowest BCUT2D eigenvalue weighted by Crippen LogP contribution is -2.21. The van der Waals surface area contributed by atoms with Crippen molar-refractivity contribution in [2.24, 2.45) is 0 Å². The topological polar surface area (TPSA) is 9.23 Å². The smallest absolute Gasteiger partial charge is 0.127 e. The monoisotopic (exact) mass is 468 g/mol. The second-order valence-corrected chi connectivity index (χ2v) is 10.7. The van der Waals surface area contributed by atoms with Gasteiger partial charge in [-0.05, 0) is 57.2 Å². The molecule has 0 heterocycles. The molecule has 0 aliphatic heterocycles. The van der Waals surface area contributed by atoms with E-state index in [1.807, 2.05) is 0 Å². The molecule has 0 aliphatic rings. The molecule has 0 unspecified atom stereocenters. The molecule has 1 nitrogen and oxygen atoms in total. The van der Waals surface area contributed by atoms with E-state index in [2.05, 4.69) is 133 Å².